The molecule has 1 rings (SSSR count). The monoisotopic (exact) mass is 236 g/mol. The highest BCUT2D eigenvalue weighted by molar-refractivity contribution is 5.67. The molecule has 0 atom stereocenters. The summed E-state index contributed by atoms with van der Waals surface area (Å²) in [6, 6.07) is 5.83. The first-order valence-electron chi connectivity index (χ1n) is 5.84. The number of rotatable bonds is 4. The summed E-state index contributed by atoms with van der Waals surface area (Å²) >= 11 is 0. The first-order chi connectivity index (χ1) is 7.97. The van der Waals surface area contributed by atoms with Crippen molar-refractivity contribution in [3.63, 3.8) is 0 Å². The Bertz CT molecular complexity index is 344. The van der Waals surface area contributed by atoms with Crippen LogP contribution in [0.1, 0.15) is 32.9 Å². The van der Waals surface area contributed by atoms with Crippen LogP contribution in [-0.2, 0) is 11.2 Å². The van der Waals surface area contributed by atoms with Gasteiger partial charge < -0.3 is 10.1 Å². The fraction of sp³-hybridized carbons (Fsp3) is 0.538. The molecule has 0 aromatic carbocycles. The Morgan fingerprint density at radius 1 is 1.41 bits per heavy atom. The maximum atomic E-state index is 11.3. The van der Waals surface area contributed by atoms with Gasteiger partial charge in [0.25, 0.3) is 0 Å². The van der Waals surface area contributed by atoms with E-state index in [1.165, 1.54) is 0 Å². The van der Waals surface area contributed by atoms with E-state index in [-0.39, 0.29) is 6.09 Å². The number of pyridine rings is 1. The van der Waals surface area contributed by atoms with E-state index in [2.05, 4.69) is 10.3 Å². The average molecular weight is 236 g/mol. The highest BCUT2D eigenvalue weighted by Gasteiger charge is 2.15. The van der Waals surface area contributed by atoms with E-state index in [0.29, 0.717) is 6.54 Å². The van der Waals surface area contributed by atoms with Crippen LogP contribution in [0.4, 0.5) is 4.79 Å². The van der Waals surface area contributed by atoms with Crippen LogP contribution in [0.25, 0.3) is 0 Å². The molecule has 0 aliphatic heterocycles. The molecule has 4 heteroatoms. The minimum Gasteiger partial charge on any atom is -0.444 e. The number of carbonyl (C=O) groups excluding carboxylic acids is 1. The fourth-order valence-electron chi connectivity index (χ4n) is 1.32. The van der Waals surface area contributed by atoms with Gasteiger partial charge in [-0.2, -0.15) is 0 Å². The van der Waals surface area contributed by atoms with E-state index in [0.717, 1.165) is 18.5 Å². The normalized spacial score (nSPS) is 11.0. The zero-order valence-electron chi connectivity index (χ0n) is 10.7. The smallest absolute Gasteiger partial charge is 0.407 e. The van der Waals surface area contributed by atoms with Crippen molar-refractivity contribution in [2.24, 2.45) is 0 Å². The van der Waals surface area contributed by atoms with Gasteiger partial charge in [-0.1, -0.05) is 6.07 Å². The van der Waals surface area contributed by atoms with E-state index in [4.69, 9.17) is 4.74 Å². The van der Waals surface area contributed by atoms with Crippen LogP contribution >= 0.6 is 0 Å². The molecular weight excluding hydrogens is 216 g/mol. The van der Waals surface area contributed by atoms with Crippen LogP contribution in [-0.4, -0.2) is 23.2 Å². The largest absolute Gasteiger partial charge is 0.444 e. The molecule has 0 radical (unpaired) electrons. The van der Waals surface area contributed by atoms with Crippen molar-refractivity contribution in [2.45, 2.75) is 39.2 Å². The molecule has 0 saturated carbocycles. The molecule has 0 unspecified atom stereocenters. The predicted molar refractivity (Wildman–Crippen MR) is 66.8 cm³/mol. The topological polar surface area (TPSA) is 51.2 Å². The summed E-state index contributed by atoms with van der Waals surface area (Å²) in [7, 11) is 0. The molecule has 0 aliphatic rings. The molecule has 1 N–H and O–H groups in total. The van der Waals surface area contributed by atoms with Gasteiger partial charge in [0.2, 0.25) is 0 Å². The van der Waals surface area contributed by atoms with Crippen molar-refractivity contribution in [1.82, 2.24) is 10.3 Å². The number of alkyl carbamates (subject to hydrolysis) is 1. The number of ether oxygens (including phenoxy) is 1. The molecular formula is C13H20N2O2. The number of hydrogen-bond donors (Lipinski definition) is 1. The van der Waals surface area contributed by atoms with Gasteiger partial charge in [0.05, 0.1) is 0 Å². The zero-order valence-corrected chi connectivity index (χ0v) is 10.7. The molecule has 17 heavy (non-hydrogen) atoms. The van der Waals surface area contributed by atoms with Crippen molar-refractivity contribution in [3.05, 3.63) is 30.1 Å². The van der Waals surface area contributed by atoms with Crippen LogP contribution in [0, 0.1) is 0 Å². The van der Waals surface area contributed by atoms with E-state index in [9.17, 15) is 4.79 Å². The molecule has 1 heterocycles. The summed E-state index contributed by atoms with van der Waals surface area (Å²) in [5, 5.41) is 2.72. The van der Waals surface area contributed by atoms with Gasteiger partial charge in [-0.3, -0.25) is 4.98 Å². The molecule has 94 valence electrons. The van der Waals surface area contributed by atoms with Gasteiger partial charge in [0.1, 0.15) is 5.60 Å². The molecule has 1 amide bonds. The average Bonchev–Trinajstić information content (AvgIpc) is 2.23. The highest BCUT2D eigenvalue weighted by Crippen LogP contribution is 2.06. The lowest BCUT2D eigenvalue weighted by atomic mass is 10.2. The summed E-state index contributed by atoms with van der Waals surface area (Å²) in [5.41, 5.74) is 0.601. The Kier molecular flexibility index (Phi) is 4.94. The van der Waals surface area contributed by atoms with Crippen molar-refractivity contribution in [2.75, 3.05) is 6.54 Å². The summed E-state index contributed by atoms with van der Waals surface area (Å²) in [4.78, 5) is 15.5. The lowest BCUT2D eigenvalue weighted by Gasteiger charge is -2.19. The third-order valence-electron chi connectivity index (χ3n) is 2.00. The summed E-state index contributed by atoms with van der Waals surface area (Å²) < 4.78 is 5.12. The number of nitrogens with one attached hydrogen (secondary N) is 1. The first kappa shape index (κ1) is 13.5. The van der Waals surface area contributed by atoms with Crippen LogP contribution in [0.5, 0.6) is 0 Å². The molecule has 1 aromatic rings. The minimum absolute atomic E-state index is 0.362. The Labute approximate surface area is 102 Å². The standard InChI is InChI=1S/C13H20N2O2/c1-13(2,3)17-12(16)15-10-6-8-11-7-4-5-9-14-11/h4-5,7,9H,6,8,10H2,1-3H3,(H,15,16). The second kappa shape index (κ2) is 6.23. The van der Waals surface area contributed by atoms with Crippen molar-refractivity contribution < 1.29 is 9.53 Å². The predicted octanol–water partition coefficient (Wildman–Crippen LogP) is 2.54. The second-order valence-corrected chi connectivity index (χ2v) is 4.85. The second-order valence-electron chi connectivity index (χ2n) is 4.85. The van der Waals surface area contributed by atoms with Crippen molar-refractivity contribution >= 4 is 6.09 Å². The van der Waals surface area contributed by atoms with Gasteiger partial charge >= 0.3 is 6.09 Å². The van der Waals surface area contributed by atoms with Crippen LogP contribution in [0.15, 0.2) is 24.4 Å². The van der Waals surface area contributed by atoms with Crippen molar-refractivity contribution in [3.8, 4) is 0 Å². The number of nitrogens with zero attached hydrogens (tertiary/aromatic N) is 1. The third kappa shape index (κ3) is 6.56. The molecule has 0 aliphatic carbocycles. The Hall–Kier alpha value is -1.58. The molecule has 0 spiro atoms. The quantitative estimate of drug-likeness (QED) is 0.817. The van der Waals surface area contributed by atoms with E-state index >= 15 is 0 Å². The Morgan fingerprint density at radius 3 is 2.76 bits per heavy atom. The highest BCUT2D eigenvalue weighted by atomic mass is 16.6. The lowest BCUT2D eigenvalue weighted by molar-refractivity contribution is 0.0527. The third-order valence-corrected chi connectivity index (χ3v) is 2.00. The lowest BCUT2D eigenvalue weighted by Crippen LogP contribution is -2.33. The molecule has 0 saturated heterocycles. The number of aromatic nitrogens is 1. The number of carbonyl (C=O) groups is 1. The number of aryl methyl sites for hydroxylation is 1. The summed E-state index contributed by atoms with van der Waals surface area (Å²) in [5.74, 6) is 0. The molecule has 0 bridgehead atoms. The maximum absolute atomic E-state index is 11.3. The number of amides is 1. The van der Waals surface area contributed by atoms with E-state index in [1.54, 1.807) is 6.20 Å². The Morgan fingerprint density at radius 2 is 2.18 bits per heavy atom. The van der Waals surface area contributed by atoms with Gasteiger partial charge in [-0.25, -0.2) is 4.79 Å². The van der Waals surface area contributed by atoms with Crippen LogP contribution in [0.2, 0.25) is 0 Å². The molecule has 4 nitrogen and oxygen atoms in total. The van der Waals surface area contributed by atoms with Gasteiger partial charge in [0.15, 0.2) is 0 Å². The SMILES string of the molecule is CC(C)(C)OC(=O)NCCCc1ccccn1. The fourth-order valence-corrected chi connectivity index (χ4v) is 1.32. The first-order valence-corrected chi connectivity index (χ1v) is 5.84. The summed E-state index contributed by atoms with van der Waals surface area (Å²) in [6.45, 7) is 6.15. The van der Waals surface area contributed by atoms with Gasteiger partial charge in [0, 0.05) is 18.4 Å². The van der Waals surface area contributed by atoms with E-state index < -0.39 is 5.60 Å². The van der Waals surface area contributed by atoms with Crippen LogP contribution in [0.3, 0.4) is 0 Å². The number of hydrogen-bond acceptors (Lipinski definition) is 3. The van der Waals surface area contributed by atoms with Gasteiger partial charge in [-0.15, -0.1) is 0 Å². The van der Waals surface area contributed by atoms with E-state index in [1.807, 2.05) is 39.0 Å². The molecule has 1 aromatic heterocycles. The van der Waals surface area contributed by atoms with Crippen molar-refractivity contribution in [1.29, 1.82) is 0 Å². The minimum atomic E-state index is -0.439. The van der Waals surface area contributed by atoms with Gasteiger partial charge in [-0.05, 0) is 45.7 Å². The zero-order chi connectivity index (χ0) is 12.7. The summed E-state index contributed by atoms with van der Waals surface area (Å²) in [6.07, 6.45) is 3.13. The Balaban J connectivity index is 2.14. The molecule has 0 fully saturated rings. The van der Waals surface area contributed by atoms with Crippen LogP contribution < -0.4 is 5.32 Å². The maximum Gasteiger partial charge on any atom is 0.407 e.